The molecule has 110 valence electrons. The topological polar surface area (TPSA) is 64.0 Å². The van der Waals surface area contributed by atoms with Crippen LogP contribution in [0.5, 0.6) is 0 Å². The highest BCUT2D eigenvalue weighted by Gasteiger charge is 2.38. The molecular weight excluding hydrogens is 262 g/mol. The number of nitrogens with zero attached hydrogens (tertiary/aromatic N) is 2. The van der Waals surface area contributed by atoms with Crippen molar-refractivity contribution in [2.45, 2.75) is 44.4 Å². The van der Waals surface area contributed by atoms with Gasteiger partial charge in [-0.2, -0.15) is 0 Å². The Morgan fingerprint density at radius 3 is 2.53 bits per heavy atom. The standard InChI is InChI=1S/C13H25N3O2S/c1-6-14-11(13(2,3)19(5,17)18)7-8-12-15-9-10-16(12)4/h9-11,14H,6-8H2,1-5H3. The minimum atomic E-state index is -3.11. The predicted octanol–water partition coefficient (Wildman–Crippen LogP) is 1.15. The Labute approximate surface area is 116 Å². The summed E-state index contributed by atoms with van der Waals surface area (Å²) in [6, 6.07) is -0.0794. The maximum absolute atomic E-state index is 11.9. The van der Waals surface area contributed by atoms with E-state index in [0.29, 0.717) is 0 Å². The lowest BCUT2D eigenvalue weighted by Gasteiger charge is -2.33. The third-order valence-electron chi connectivity index (χ3n) is 3.82. The van der Waals surface area contributed by atoms with Crippen molar-refractivity contribution >= 4 is 9.84 Å². The van der Waals surface area contributed by atoms with E-state index in [1.54, 1.807) is 20.0 Å². The molecule has 0 aliphatic rings. The molecule has 0 aromatic carbocycles. The first-order valence-corrected chi connectivity index (χ1v) is 8.48. The maximum Gasteiger partial charge on any atom is 0.154 e. The van der Waals surface area contributed by atoms with E-state index in [2.05, 4.69) is 10.3 Å². The number of sulfone groups is 1. The van der Waals surface area contributed by atoms with E-state index in [-0.39, 0.29) is 6.04 Å². The van der Waals surface area contributed by atoms with Crippen LogP contribution < -0.4 is 5.32 Å². The molecular formula is C13H25N3O2S. The average Bonchev–Trinajstić information content (AvgIpc) is 2.68. The second-order valence-corrected chi connectivity index (χ2v) is 8.08. The zero-order chi connectivity index (χ0) is 14.7. The predicted molar refractivity (Wildman–Crippen MR) is 77.9 cm³/mol. The van der Waals surface area contributed by atoms with Crippen LogP contribution in [0.2, 0.25) is 0 Å². The molecule has 1 unspecified atom stereocenters. The van der Waals surface area contributed by atoms with Gasteiger partial charge < -0.3 is 9.88 Å². The fourth-order valence-corrected chi connectivity index (χ4v) is 2.83. The van der Waals surface area contributed by atoms with Crippen LogP contribution in [0.15, 0.2) is 12.4 Å². The van der Waals surface area contributed by atoms with Gasteiger partial charge in [-0.05, 0) is 26.8 Å². The summed E-state index contributed by atoms with van der Waals surface area (Å²) in [6.45, 7) is 6.32. The van der Waals surface area contributed by atoms with E-state index in [1.807, 2.05) is 24.7 Å². The lowest BCUT2D eigenvalue weighted by atomic mass is 9.98. The van der Waals surface area contributed by atoms with Crippen molar-refractivity contribution in [2.24, 2.45) is 7.05 Å². The van der Waals surface area contributed by atoms with Crippen LogP contribution in [0.3, 0.4) is 0 Å². The van der Waals surface area contributed by atoms with Crippen molar-refractivity contribution in [3.8, 4) is 0 Å². The first kappa shape index (κ1) is 16.2. The van der Waals surface area contributed by atoms with Crippen LogP contribution in [-0.2, 0) is 23.3 Å². The summed E-state index contributed by atoms with van der Waals surface area (Å²) in [7, 11) is -1.16. The second kappa shape index (κ2) is 6.05. The van der Waals surface area contributed by atoms with Crippen LogP contribution in [-0.4, -0.2) is 41.6 Å². The Bertz CT molecular complexity index is 506. The van der Waals surface area contributed by atoms with Gasteiger partial charge in [0.25, 0.3) is 0 Å². The lowest BCUT2D eigenvalue weighted by Crippen LogP contribution is -2.51. The average molecular weight is 287 g/mol. The van der Waals surface area contributed by atoms with Crippen molar-refractivity contribution in [3.63, 3.8) is 0 Å². The minimum absolute atomic E-state index is 0.0794. The summed E-state index contributed by atoms with van der Waals surface area (Å²) in [5.74, 6) is 0.979. The van der Waals surface area contributed by atoms with Crippen molar-refractivity contribution < 1.29 is 8.42 Å². The number of imidazole rings is 1. The zero-order valence-electron chi connectivity index (χ0n) is 12.5. The molecule has 1 rings (SSSR count). The lowest BCUT2D eigenvalue weighted by molar-refractivity contribution is 0.391. The molecule has 0 aliphatic carbocycles. The molecule has 1 heterocycles. The van der Waals surface area contributed by atoms with Gasteiger partial charge >= 0.3 is 0 Å². The van der Waals surface area contributed by atoms with E-state index < -0.39 is 14.6 Å². The molecule has 0 amide bonds. The molecule has 0 fully saturated rings. The number of aromatic nitrogens is 2. The fraction of sp³-hybridized carbons (Fsp3) is 0.769. The van der Waals surface area contributed by atoms with Crippen LogP contribution in [0.25, 0.3) is 0 Å². The largest absolute Gasteiger partial charge is 0.338 e. The maximum atomic E-state index is 11.9. The molecule has 1 N–H and O–H groups in total. The zero-order valence-corrected chi connectivity index (χ0v) is 13.3. The van der Waals surface area contributed by atoms with E-state index in [4.69, 9.17) is 0 Å². The number of aryl methyl sites for hydroxylation is 2. The first-order chi connectivity index (χ1) is 8.70. The smallest absolute Gasteiger partial charge is 0.154 e. The monoisotopic (exact) mass is 287 g/mol. The van der Waals surface area contributed by atoms with Gasteiger partial charge in [-0.1, -0.05) is 6.92 Å². The molecule has 19 heavy (non-hydrogen) atoms. The normalized spacial score (nSPS) is 14.6. The molecule has 6 heteroatoms. The van der Waals surface area contributed by atoms with Gasteiger partial charge in [0, 0.05) is 38.2 Å². The molecule has 1 aromatic heterocycles. The molecule has 0 saturated carbocycles. The Kier molecular flexibility index (Phi) is 5.15. The molecule has 1 atom stereocenters. The van der Waals surface area contributed by atoms with Crippen molar-refractivity contribution in [1.82, 2.24) is 14.9 Å². The summed E-state index contributed by atoms with van der Waals surface area (Å²) in [5, 5.41) is 3.30. The summed E-state index contributed by atoms with van der Waals surface area (Å²) in [4.78, 5) is 4.28. The van der Waals surface area contributed by atoms with Crippen LogP contribution in [0.1, 0.15) is 33.0 Å². The molecule has 0 bridgehead atoms. The third-order valence-corrected chi connectivity index (χ3v) is 6.02. The second-order valence-electron chi connectivity index (χ2n) is 5.48. The van der Waals surface area contributed by atoms with E-state index in [1.165, 1.54) is 6.26 Å². The molecule has 0 spiro atoms. The quantitative estimate of drug-likeness (QED) is 0.817. The van der Waals surface area contributed by atoms with Gasteiger partial charge in [0.15, 0.2) is 9.84 Å². The van der Waals surface area contributed by atoms with E-state index in [0.717, 1.165) is 25.2 Å². The molecule has 0 saturated heterocycles. The van der Waals surface area contributed by atoms with Gasteiger partial charge in [-0.3, -0.25) is 0 Å². The fourth-order valence-electron chi connectivity index (χ4n) is 2.11. The van der Waals surface area contributed by atoms with Gasteiger partial charge in [-0.15, -0.1) is 0 Å². The summed E-state index contributed by atoms with van der Waals surface area (Å²) >= 11 is 0. The minimum Gasteiger partial charge on any atom is -0.338 e. The van der Waals surface area contributed by atoms with Gasteiger partial charge in [0.1, 0.15) is 5.82 Å². The Morgan fingerprint density at radius 2 is 2.11 bits per heavy atom. The van der Waals surface area contributed by atoms with Crippen molar-refractivity contribution in [2.75, 3.05) is 12.8 Å². The Morgan fingerprint density at radius 1 is 1.47 bits per heavy atom. The van der Waals surface area contributed by atoms with E-state index in [9.17, 15) is 8.42 Å². The van der Waals surface area contributed by atoms with Crippen LogP contribution >= 0.6 is 0 Å². The summed E-state index contributed by atoms with van der Waals surface area (Å²) < 4.78 is 25.1. The number of rotatable bonds is 7. The highest BCUT2D eigenvalue weighted by molar-refractivity contribution is 7.92. The van der Waals surface area contributed by atoms with Gasteiger partial charge in [0.05, 0.1) is 4.75 Å². The number of nitrogens with one attached hydrogen (secondary N) is 1. The molecule has 0 radical (unpaired) electrons. The SMILES string of the molecule is CCNC(CCc1nccn1C)C(C)(C)S(C)(=O)=O. The summed E-state index contributed by atoms with van der Waals surface area (Å²) in [5.41, 5.74) is 0. The van der Waals surface area contributed by atoms with Crippen LogP contribution in [0, 0.1) is 0 Å². The third kappa shape index (κ3) is 3.79. The molecule has 0 aliphatic heterocycles. The van der Waals surface area contributed by atoms with Gasteiger partial charge in [-0.25, -0.2) is 13.4 Å². The molecule has 5 nitrogen and oxygen atoms in total. The van der Waals surface area contributed by atoms with Crippen LogP contribution in [0.4, 0.5) is 0 Å². The Balaban J connectivity index is 2.82. The summed E-state index contributed by atoms with van der Waals surface area (Å²) in [6.07, 6.45) is 6.48. The highest BCUT2D eigenvalue weighted by Crippen LogP contribution is 2.23. The Hall–Kier alpha value is -0.880. The van der Waals surface area contributed by atoms with E-state index >= 15 is 0 Å². The van der Waals surface area contributed by atoms with Crippen molar-refractivity contribution in [3.05, 3.63) is 18.2 Å². The van der Waals surface area contributed by atoms with Crippen molar-refractivity contribution in [1.29, 1.82) is 0 Å². The van der Waals surface area contributed by atoms with Gasteiger partial charge in [0.2, 0.25) is 0 Å². The first-order valence-electron chi connectivity index (χ1n) is 6.59. The number of hydrogen-bond donors (Lipinski definition) is 1. The number of hydrogen-bond acceptors (Lipinski definition) is 4. The highest BCUT2D eigenvalue weighted by atomic mass is 32.2. The molecule has 1 aromatic rings.